The first-order chi connectivity index (χ1) is 31.4. The highest BCUT2D eigenvalue weighted by Crippen LogP contribution is 2.13. The SMILES string of the molecule is CC(C)C[C@H](NC(=O)[C@@H](N)CS)C(=O)N[C@@H](CO)C(=O)N[C@H](C(=O)N[C@@H](CO)C(=O)N[C@@H](CCC(N)=O)C(=O)N[C@@H](Cc1ccc(O)cc1)C(=O)N[C@@H](CO)C(=O)N[C@@H](CS)C(=O)O)[C@@H](C)O. The second-order valence-electron chi connectivity index (χ2n) is 15.5. The molecule has 0 bridgehead atoms. The van der Waals surface area contributed by atoms with Crippen LogP contribution in [0.15, 0.2) is 24.3 Å². The van der Waals surface area contributed by atoms with E-state index in [0.717, 1.165) is 6.92 Å². The molecule has 0 fully saturated rings. The van der Waals surface area contributed by atoms with Crippen molar-refractivity contribution < 1.29 is 78.6 Å². The maximum Gasteiger partial charge on any atom is 0.327 e. The van der Waals surface area contributed by atoms with Crippen LogP contribution in [0, 0.1) is 5.92 Å². The van der Waals surface area contributed by atoms with Gasteiger partial charge in [-0.15, -0.1) is 0 Å². The number of amides is 9. The minimum atomic E-state index is -1.93. The summed E-state index contributed by atoms with van der Waals surface area (Å²) in [4.78, 5) is 129. The standard InChI is InChI=1S/C39H62N10O16S2/c1-17(2)10-23(43-31(56)21(40)15-66)33(58)46-27(14-52)37(62)49-30(18(3)53)38(63)47-26(13-51)35(60)42-22(8-9-29(41)55)32(57)44-24(11-19-4-6-20(54)7-5-19)34(59)45-25(12-50)36(61)48-28(16-67)39(64)65/h4-7,17-18,21-28,30,50-54,66-67H,8-16,40H2,1-3H3,(H2,41,55)(H,42,60)(H,43,56)(H,44,57)(H,45,59)(H,46,58)(H,47,63)(H,48,61)(H,49,62)(H,64,65)/t18-,21+,22+,23+,24+,25+,26+,27+,28+,30+/m1/s1. The predicted molar refractivity (Wildman–Crippen MR) is 241 cm³/mol. The van der Waals surface area contributed by atoms with E-state index in [9.17, 15) is 78.6 Å². The van der Waals surface area contributed by atoms with Crippen molar-refractivity contribution in [3.05, 3.63) is 29.8 Å². The summed E-state index contributed by atoms with van der Waals surface area (Å²) in [5.74, 6) is -11.9. The molecule has 0 aliphatic heterocycles. The molecule has 67 heavy (non-hydrogen) atoms. The van der Waals surface area contributed by atoms with Gasteiger partial charge in [0.2, 0.25) is 53.2 Å². The van der Waals surface area contributed by atoms with Gasteiger partial charge in [-0.1, -0.05) is 26.0 Å². The van der Waals surface area contributed by atoms with Crippen LogP contribution in [0.5, 0.6) is 5.75 Å². The lowest BCUT2D eigenvalue weighted by atomic mass is 10.0. The number of carboxylic acids is 1. The van der Waals surface area contributed by atoms with E-state index in [0.29, 0.717) is 5.56 Å². The van der Waals surface area contributed by atoms with Gasteiger partial charge in [-0.05, 0) is 43.4 Å². The van der Waals surface area contributed by atoms with Crippen molar-refractivity contribution >= 4 is 84.4 Å². The molecule has 26 nitrogen and oxygen atoms in total. The Bertz CT molecular complexity index is 1880. The number of carboxylic acid groups (broad SMARTS) is 1. The number of nitrogens with two attached hydrogens (primary N) is 2. The molecule has 376 valence electrons. The quantitative estimate of drug-likeness (QED) is 0.0318. The molecule has 0 saturated heterocycles. The monoisotopic (exact) mass is 990 g/mol. The third-order valence-corrected chi connectivity index (χ3v) is 10.3. The Morgan fingerprint density at radius 3 is 1.40 bits per heavy atom. The van der Waals surface area contributed by atoms with Crippen LogP contribution in [-0.2, 0) is 54.4 Å². The fraction of sp³-hybridized carbons (Fsp3) is 0.590. The average molecular weight is 991 g/mol. The van der Waals surface area contributed by atoms with Gasteiger partial charge in [0.05, 0.1) is 32.0 Å². The van der Waals surface area contributed by atoms with Gasteiger partial charge in [0.15, 0.2) is 0 Å². The maximum atomic E-state index is 13.8. The Morgan fingerprint density at radius 1 is 0.567 bits per heavy atom. The van der Waals surface area contributed by atoms with E-state index in [2.05, 4.69) is 67.8 Å². The summed E-state index contributed by atoms with van der Waals surface area (Å²) < 4.78 is 0. The van der Waals surface area contributed by atoms with Gasteiger partial charge in [0, 0.05) is 24.3 Å². The Kier molecular flexibility index (Phi) is 26.3. The molecule has 1 rings (SSSR count). The van der Waals surface area contributed by atoms with Gasteiger partial charge in [0.25, 0.3) is 0 Å². The van der Waals surface area contributed by atoms with Crippen LogP contribution < -0.4 is 54.0 Å². The first kappa shape index (κ1) is 59.2. The van der Waals surface area contributed by atoms with Crippen LogP contribution in [-0.4, -0.2) is 182 Å². The maximum absolute atomic E-state index is 13.8. The van der Waals surface area contributed by atoms with E-state index >= 15 is 0 Å². The molecule has 0 aliphatic carbocycles. The molecule has 0 spiro atoms. The molecule has 18 N–H and O–H groups in total. The Labute approximate surface area is 395 Å². The zero-order valence-corrected chi connectivity index (χ0v) is 38.6. The van der Waals surface area contributed by atoms with Crippen LogP contribution in [0.4, 0.5) is 0 Å². The van der Waals surface area contributed by atoms with Crippen molar-refractivity contribution in [3.8, 4) is 5.75 Å². The number of primary amides is 1. The summed E-state index contributed by atoms with van der Waals surface area (Å²) >= 11 is 7.81. The molecule has 0 aromatic heterocycles. The third-order valence-electron chi connectivity index (χ3n) is 9.50. The third kappa shape index (κ3) is 20.7. The number of aliphatic hydroxyl groups is 4. The van der Waals surface area contributed by atoms with Crippen LogP contribution in [0.2, 0.25) is 0 Å². The second kappa shape index (κ2) is 29.8. The number of aliphatic carboxylic acids is 1. The molecule has 0 unspecified atom stereocenters. The van der Waals surface area contributed by atoms with Gasteiger partial charge in [-0.25, -0.2) is 4.79 Å². The minimum Gasteiger partial charge on any atom is -0.508 e. The highest BCUT2D eigenvalue weighted by Gasteiger charge is 2.36. The first-order valence-electron chi connectivity index (χ1n) is 20.6. The number of carbonyl (C=O) groups excluding carboxylic acids is 9. The lowest BCUT2D eigenvalue weighted by Crippen LogP contribution is -2.63. The number of thiol groups is 2. The van der Waals surface area contributed by atoms with Gasteiger partial charge >= 0.3 is 5.97 Å². The number of nitrogens with one attached hydrogen (secondary N) is 8. The molecule has 10 atom stereocenters. The van der Waals surface area contributed by atoms with Gasteiger partial charge < -0.3 is 84.6 Å². The van der Waals surface area contributed by atoms with Crippen LogP contribution >= 0.6 is 25.3 Å². The zero-order valence-electron chi connectivity index (χ0n) is 36.8. The van der Waals surface area contributed by atoms with E-state index in [1.165, 1.54) is 24.3 Å². The fourth-order valence-electron chi connectivity index (χ4n) is 5.75. The number of benzene rings is 1. The van der Waals surface area contributed by atoms with E-state index in [4.69, 9.17) is 11.5 Å². The summed E-state index contributed by atoms with van der Waals surface area (Å²) in [7, 11) is 0. The number of phenolic OH excluding ortho intramolecular Hbond substituents is 1. The molecule has 0 heterocycles. The Hall–Kier alpha value is -5.78. The lowest BCUT2D eigenvalue weighted by Gasteiger charge is -2.28. The zero-order chi connectivity index (χ0) is 51.1. The number of phenols is 1. The van der Waals surface area contributed by atoms with Crippen molar-refractivity contribution in [2.75, 3.05) is 31.3 Å². The number of aliphatic hydroxyl groups excluding tert-OH is 4. The van der Waals surface area contributed by atoms with Gasteiger partial charge in [-0.2, -0.15) is 25.3 Å². The smallest absolute Gasteiger partial charge is 0.327 e. The summed E-state index contributed by atoms with van der Waals surface area (Å²) in [6, 6.07) is -9.26. The van der Waals surface area contributed by atoms with Crippen LogP contribution in [0.25, 0.3) is 0 Å². The Balaban J connectivity index is 3.33. The van der Waals surface area contributed by atoms with E-state index in [1.807, 2.05) is 0 Å². The average Bonchev–Trinajstić information content (AvgIpc) is 3.27. The van der Waals surface area contributed by atoms with Crippen LogP contribution in [0.3, 0.4) is 0 Å². The van der Waals surface area contributed by atoms with Crippen molar-refractivity contribution in [1.29, 1.82) is 0 Å². The van der Waals surface area contributed by atoms with Crippen molar-refractivity contribution in [2.45, 2.75) is 107 Å². The molecule has 0 aliphatic rings. The molecule has 1 aromatic carbocycles. The van der Waals surface area contributed by atoms with Crippen LogP contribution in [0.1, 0.15) is 45.6 Å². The highest BCUT2D eigenvalue weighted by molar-refractivity contribution is 7.80. The van der Waals surface area contributed by atoms with E-state index in [1.54, 1.807) is 13.8 Å². The topological polar surface area (TPSA) is 440 Å². The number of hydrogen-bond acceptors (Lipinski definition) is 18. The minimum absolute atomic E-state index is 0.0466. The molecule has 1 aromatic rings. The molecular weight excluding hydrogens is 929 g/mol. The fourth-order valence-corrected chi connectivity index (χ4v) is 6.16. The Morgan fingerprint density at radius 2 is 0.970 bits per heavy atom. The number of hydrogen-bond donors (Lipinski definition) is 18. The van der Waals surface area contributed by atoms with Crippen molar-refractivity contribution in [2.24, 2.45) is 17.4 Å². The predicted octanol–water partition coefficient (Wildman–Crippen LogP) is -7.25. The molecule has 28 heteroatoms. The highest BCUT2D eigenvalue weighted by atomic mass is 32.1. The number of rotatable bonds is 30. The molecule has 0 saturated carbocycles. The number of aromatic hydroxyl groups is 1. The second-order valence-corrected chi connectivity index (χ2v) is 16.2. The summed E-state index contributed by atoms with van der Waals surface area (Å²) in [6.45, 7) is 1.32. The van der Waals surface area contributed by atoms with E-state index < -0.39 is 152 Å². The normalized spacial score (nSPS) is 15.6. The number of carbonyl (C=O) groups is 10. The van der Waals surface area contributed by atoms with E-state index in [-0.39, 0.29) is 36.0 Å². The van der Waals surface area contributed by atoms with Gasteiger partial charge in [0.1, 0.15) is 54.1 Å². The summed E-state index contributed by atoms with van der Waals surface area (Å²) in [6.07, 6.45) is -3.07. The molecule has 0 radical (unpaired) electrons. The molecular formula is C39H62N10O16S2. The molecule has 9 amide bonds. The lowest BCUT2D eigenvalue weighted by molar-refractivity contribution is -0.142. The van der Waals surface area contributed by atoms with Crippen molar-refractivity contribution in [3.63, 3.8) is 0 Å². The van der Waals surface area contributed by atoms with Gasteiger partial charge in [-0.3, -0.25) is 43.2 Å². The first-order valence-corrected chi connectivity index (χ1v) is 21.9. The summed E-state index contributed by atoms with van der Waals surface area (Å²) in [5, 5.41) is 77.3. The van der Waals surface area contributed by atoms with Crippen molar-refractivity contribution in [1.82, 2.24) is 42.5 Å². The summed E-state index contributed by atoms with van der Waals surface area (Å²) in [5.41, 5.74) is 11.3. The largest absolute Gasteiger partial charge is 0.508 e.